The SMILES string of the molecule is CCc1cc(C(N)(CC(=O)O)C(C)C)ccc1OC. The molecular formula is C15H23NO3. The predicted molar refractivity (Wildman–Crippen MR) is 75.3 cm³/mol. The van der Waals surface area contributed by atoms with Crippen molar-refractivity contribution in [2.75, 3.05) is 7.11 Å². The molecule has 4 heteroatoms. The number of aliphatic carboxylic acids is 1. The van der Waals surface area contributed by atoms with Crippen molar-refractivity contribution in [3.8, 4) is 5.75 Å². The maximum Gasteiger partial charge on any atom is 0.305 e. The maximum absolute atomic E-state index is 11.1. The first kappa shape index (κ1) is 15.5. The van der Waals surface area contributed by atoms with E-state index in [0.717, 1.165) is 23.3 Å². The Morgan fingerprint density at radius 1 is 1.47 bits per heavy atom. The highest BCUT2D eigenvalue weighted by Crippen LogP contribution is 2.33. The Morgan fingerprint density at radius 2 is 2.11 bits per heavy atom. The second-order valence-electron chi connectivity index (χ2n) is 5.15. The van der Waals surface area contributed by atoms with E-state index >= 15 is 0 Å². The second-order valence-corrected chi connectivity index (χ2v) is 5.15. The molecule has 0 heterocycles. The summed E-state index contributed by atoms with van der Waals surface area (Å²) in [4.78, 5) is 11.1. The summed E-state index contributed by atoms with van der Waals surface area (Å²) in [6, 6.07) is 5.68. The minimum atomic E-state index is -0.884. The Labute approximate surface area is 114 Å². The lowest BCUT2D eigenvalue weighted by atomic mass is 9.77. The Morgan fingerprint density at radius 3 is 2.53 bits per heavy atom. The molecule has 1 aromatic rings. The van der Waals surface area contributed by atoms with Crippen molar-refractivity contribution >= 4 is 5.97 Å². The first-order valence-corrected chi connectivity index (χ1v) is 6.53. The molecule has 0 aliphatic heterocycles. The fraction of sp³-hybridized carbons (Fsp3) is 0.533. The van der Waals surface area contributed by atoms with E-state index in [4.69, 9.17) is 15.6 Å². The minimum Gasteiger partial charge on any atom is -0.496 e. The molecule has 3 N–H and O–H groups in total. The fourth-order valence-electron chi connectivity index (χ4n) is 2.23. The van der Waals surface area contributed by atoms with Crippen molar-refractivity contribution in [3.63, 3.8) is 0 Å². The molecule has 1 rings (SSSR count). The highest BCUT2D eigenvalue weighted by molar-refractivity contribution is 5.69. The number of aryl methyl sites for hydroxylation is 1. The molecule has 0 fully saturated rings. The van der Waals surface area contributed by atoms with Crippen molar-refractivity contribution in [2.24, 2.45) is 11.7 Å². The molecule has 106 valence electrons. The van der Waals surface area contributed by atoms with Crippen LogP contribution < -0.4 is 10.5 Å². The molecule has 0 aromatic heterocycles. The van der Waals surface area contributed by atoms with E-state index in [-0.39, 0.29) is 12.3 Å². The number of rotatable bonds is 6. The monoisotopic (exact) mass is 265 g/mol. The van der Waals surface area contributed by atoms with Crippen LogP contribution >= 0.6 is 0 Å². The maximum atomic E-state index is 11.1. The van der Waals surface area contributed by atoms with Crippen LogP contribution in [0, 0.1) is 5.92 Å². The Balaban J connectivity index is 3.27. The fourth-order valence-corrected chi connectivity index (χ4v) is 2.23. The van der Waals surface area contributed by atoms with Gasteiger partial charge in [0.1, 0.15) is 5.75 Å². The second kappa shape index (κ2) is 6.06. The van der Waals surface area contributed by atoms with Crippen LogP contribution in [0.15, 0.2) is 18.2 Å². The number of nitrogens with two attached hydrogens (primary N) is 1. The van der Waals surface area contributed by atoms with Gasteiger partial charge in [0.25, 0.3) is 0 Å². The third-order valence-corrected chi connectivity index (χ3v) is 3.67. The number of methoxy groups -OCH3 is 1. The van der Waals surface area contributed by atoms with Crippen molar-refractivity contribution in [1.29, 1.82) is 0 Å². The Hall–Kier alpha value is -1.55. The van der Waals surface area contributed by atoms with Crippen LogP contribution in [0.5, 0.6) is 5.75 Å². The van der Waals surface area contributed by atoms with Gasteiger partial charge in [-0.2, -0.15) is 0 Å². The molecule has 4 nitrogen and oxygen atoms in total. The zero-order valence-electron chi connectivity index (χ0n) is 12.1. The van der Waals surface area contributed by atoms with Crippen LogP contribution in [0.2, 0.25) is 0 Å². The van der Waals surface area contributed by atoms with Gasteiger partial charge in [0, 0.05) is 0 Å². The van der Waals surface area contributed by atoms with Gasteiger partial charge in [-0.1, -0.05) is 32.9 Å². The van der Waals surface area contributed by atoms with Crippen LogP contribution in [-0.4, -0.2) is 18.2 Å². The molecule has 1 aromatic carbocycles. The number of hydrogen-bond acceptors (Lipinski definition) is 3. The lowest BCUT2D eigenvalue weighted by molar-refractivity contribution is -0.139. The van der Waals surface area contributed by atoms with Gasteiger partial charge in [0.2, 0.25) is 0 Å². The molecule has 0 saturated heterocycles. The van der Waals surface area contributed by atoms with Gasteiger partial charge in [-0.15, -0.1) is 0 Å². The van der Waals surface area contributed by atoms with Gasteiger partial charge in [-0.3, -0.25) is 4.79 Å². The van der Waals surface area contributed by atoms with Crippen LogP contribution in [0.4, 0.5) is 0 Å². The lowest BCUT2D eigenvalue weighted by Crippen LogP contribution is -2.44. The summed E-state index contributed by atoms with van der Waals surface area (Å²) in [6.07, 6.45) is 0.735. The molecule has 0 aliphatic rings. The van der Waals surface area contributed by atoms with Crippen molar-refractivity contribution < 1.29 is 14.6 Å². The number of carboxylic acids is 1. The standard InChI is InChI=1S/C15H23NO3/c1-5-11-8-12(6-7-13(11)19-4)15(16,10(2)3)9-14(17)18/h6-8,10H,5,9,16H2,1-4H3,(H,17,18). The zero-order chi connectivity index (χ0) is 14.6. The summed E-state index contributed by atoms with van der Waals surface area (Å²) in [5.74, 6) is -0.0422. The quantitative estimate of drug-likeness (QED) is 0.829. The van der Waals surface area contributed by atoms with Crippen molar-refractivity contribution in [2.45, 2.75) is 39.2 Å². The molecule has 1 atom stereocenters. The zero-order valence-corrected chi connectivity index (χ0v) is 12.1. The van der Waals surface area contributed by atoms with E-state index in [1.807, 2.05) is 39.0 Å². The number of carboxylic acid groups (broad SMARTS) is 1. The summed E-state index contributed by atoms with van der Waals surface area (Å²) in [5.41, 5.74) is 7.39. The summed E-state index contributed by atoms with van der Waals surface area (Å²) < 4.78 is 5.29. The number of carbonyl (C=O) groups is 1. The first-order chi connectivity index (χ1) is 8.85. The van der Waals surface area contributed by atoms with Crippen molar-refractivity contribution in [3.05, 3.63) is 29.3 Å². The Bertz CT molecular complexity index is 457. The Kier molecular flexibility index (Phi) is 4.95. The van der Waals surface area contributed by atoms with E-state index in [1.54, 1.807) is 7.11 Å². The number of hydrogen-bond donors (Lipinski definition) is 2. The molecule has 0 bridgehead atoms. The van der Waals surface area contributed by atoms with Crippen LogP contribution in [0.1, 0.15) is 38.3 Å². The molecular weight excluding hydrogens is 242 g/mol. The van der Waals surface area contributed by atoms with E-state index < -0.39 is 11.5 Å². The first-order valence-electron chi connectivity index (χ1n) is 6.53. The summed E-state index contributed by atoms with van der Waals surface area (Å²) >= 11 is 0. The molecule has 0 amide bonds. The highest BCUT2D eigenvalue weighted by atomic mass is 16.5. The molecule has 1 unspecified atom stereocenters. The van der Waals surface area contributed by atoms with Gasteiger partial charge in [-0.05, 0) is 29.5 Å². The van der Waals surface area contributed by atoms with Gasteiger partial charge in [0.15, 0.2) is 0 Å². The number of ether oxygens (including phenoxy) is 1. The summed E-state index contributed by atoms with van der Waals surface area (Å²) in [6.45, 7) is 5.92. The molecule has 0 saturated carbocycles. The predicted octanol–water partition coefficient (Wildman–Crippen LogP) is 2.54. The third kappa shape index (κ3) is 3.26. The summed E-state index contributed by atoms with van der Waals surface area (Å²) in [5, 5.41) is 9.08. The average molecular weight is 265 g/mol. The van der Waals surface area contributed by atoms with Gasteiger partial charge >= 0.3 is 5.97 Å². The minimum absolute atomic E-state index is 0.0294. The molecule has 0 spiro atoms. The van der Waals surface area contributed by atoms with Gasteiger partial charge in [-0.25, -0.2) is 0 Å². The highest BCUT2D eigenvalue weighted by Gasteiger charge is 2.34. The molecule has 19 heavy (non-hydrogen) atoms. The van der Waals surface area contributed by atoms with Crippen LogP contribution in [-0.2, 0) is 16.8 Å². The van der Waals surface area contributed by atoms with E-state index in [0.29, 0.717) is 0 Å². The van der Waals surface area contributed by atoms with E-state index in [9.17, 15) is 4.79 Å². The summed E-state index contributed by atoms with van der Waals surface area (Å²) in [7, 11) is 1.63. The largest absolute Gasteiger partial charge is 0.496 e. The topological polar surface area (TPSA) is 72.6 Å². The van der Waals surface area contributed by atoms with Crippen LogP contribution in [0.25, 0.3) is 0 Å². The smallest absolute Gasteiger partial charge is 0.305 e. The van der Waals surface area contributed by atoms with Crippen LogP contribution in [0.3, 0.4) is 0 Å². The van der Waals surface area contributed by atoms with Crippen molar-refractivity contribution in [1.82, 2.24) is 0 Å². The number of benzene rings is 1. The third-order valence-electron chi connectivity index (χ3n) is 3.67. The average Bonchev–Trinajstić information content (AvgIpc) is 2.36. The van der Waals surface area contributed by atoms with E-state index in [2.05, 4.69) is 0 Å². The molecule has 0 radical (unpaired) electrons. The van der Waals surface area contributed by atoms with E-state index in [1.165, 1.54) is 0 Å². The normalized spacial score (nSPS) is 14.2. The lowest BCUT2D eigenvalue weighted by Gasteiger charge is -2.33. The van der Waals surface area contributed by atoms with Gasteiger partial charge in [0.05, 0.1) is 19.1 Å². The van der Waals surface area contributed by atoms with Gasteiger partial charge < -0.3 is 15.6 Å². The molecule has 0 aliphatic carbocycles.